The Kier molecular flexibility index (Phi) is 8.32. The molecule has 0 atom stereocenters. The topological polar surface area (TPSA) is 70.6 Å². The van der Waals surface area contributed by atoms with Gasteiger partial charge in [-0.25, -0.2) is 13.4 Å². The molecule has 0 spiro atoms. The third-order valence-corrected chi connectivity index (χ3v) is 9.77. The maximum Gasteiger partial charge on any atom is 0.260 e. The Morgan fingerprint density at radius 2 is 1.48 bits per heavy atom. The molecule has 0 aliphatic heterocycles. The van der Waals surface area contributed by atoms with Crippen LogP contribution in [0.5, 0.6) is 0 Å². The SMILES string of the molecule is CCN(Cc1ccccc1)S(=O)(=O)c1ccc(C(=O)N(Cc2ccccc2)c2nc3c(C)cc(Cl)cc3s2)cc1. The molecule has 1 heterocycles. The molecule has 0 unspecified atom stereocenters. The standard InChI is InChI=1S/C31H28ClN3O3S2/c1-3-34(20-23-10-6-4-7-11-23)40(37,38)27-16-14-25(15-17-27)30(36)35(21-24-12-8-5-9-13-24)31-33-29-22(2)18-26(32)19-28(29)39-31/h4-19H,3,20-21H2,1-2H3. The van der Waals surface area contributed by atoms with Crippen LogP contribution in [-0.2, 0) is 23.1 Å². The van der Waals surface area contributed by atoms with Crippen molar-refractivity contribution in [1.29, 1.82) is 0 Å². The summed E-state index contributed by atoms with van der Waals surface area (Å²) in [6, 6.07) is 29.0. The zero-order valence-corrected chi connectivity index (χ0v) is 24.5. The van der Waals surface area contributed by atoms with Gasteiger partial charge in [0.05, 0.1) is 21.7 Å². The van der Waals surface area contributed by atoms with Crippen LogP contribution in [0, 0.1) is 6.92 Å². The van der Waals surface area contributed by atoms with Gasteiger partial charge in [0.15, 0.2) is 5.13 Å². The Balaban J connectivity index is 1.46. The first-order valence-electron chi connectivity index (χ1n) is 12.8. The van der Waals surface area contributed by atoms with Gasteiger partial charge in [-0.15, -0.1) is 0 Å². The molecular weight excluding hydrogens is 562 g/mol. The van der Waals surface area contributed by atoms with E-state index >= 15 is 0 Å². The van der Waals surface area contributed by atoms with Crippen molar-refractivity contribution in [1.82, 2.24) is 9.29 Å². The average Bonchev–Trinajstić information content (AvgIpc) is 3.39. The van der Waals surface area contributed by atoms with Crippen LogP contribution >= 0.6 is 22.9 Å². The summed E-state index contributed by atoms with van der Waals surface area (Å²) >= 11 is 7.67. The molecular formula is C31H28ClN3O3S2. The van der Waals surface area contributed by atoms with Crippen molar-refractivity contribution in [3.63, 3.8) is 0 Å². The molecule has 5 aromatic rings. The lowest BCUT2D eigenvalue weighted by Gasteiger charge is -2.22. The largest absolute Gasteiger partial charge is 0.279 e. The second-order valence-corrected chi connectivity index (χ2v) is 12.8. The Morgan fingerprint density at radius 3 is 2.08 bits per heavy atom. The molecule has 40 heavy (non-hydrogen) atoms. The number of thiazole rings is 1. The van der Waals surface area contributed by atoms with E-state index in [1.807, 2.05) is 86.6 Å². The van der Waals surface area contributed by atoms with E-state index in [0.717, 1.165) is 26.9 Å². The first-order chi connectivity index (χ1) is 19.3. The zero-order chi connectivity index (χ0) is 28.3. The number of sulfonamides is 1. The van der Waals surface area contributed by atoms with Crippen LogP contribution in [0.15, 0.2) is 102 Å². The van der Waals surface area contributed by atoms with Crippen LogP contribution in [0.25, 0.3) is 10.2 Å². The van der Waals surface area contributed by atoms with E-state index in [4.69, 9.17) is 16.6 Å². The number of anilines is 1. The van der Waals surface area contributed by atoms with Gasteiger partial charge in [0.2, 0.25) is 10.0 Å². The predicted octanol–water partition coefficient (Wildman–Crippen LogP) is 7.32. The van der Waals surface area contributed by atoms with Crippen molar-refractivity contribution in [2.24, 2.45) is 0 Å². The number of hydrogen-bond acceptors (Lipinski definition) is 5. The first-order valence-corrected chi connectivity index (χ1v) is 15.5. The number of rotatable bonds is 9. The smallest absolute Gasteiger partial charge is 0.260 e. The molecule has 0 fully saturated rings. The number of carbonyl (C=O) groups excluding carboxylic acids is 1. The number of aryl methyl sites for hydroxylation is 1. The van der Waals surface area contributed by atoms with Gasteiger partial charge in [-0.1, -0.05) is 90.5 Å². The van der Waals surface area contributed by atoms with E-state index < -0.39 is 10.0 Å². The van der Waals surface area contributed by atoms with Gasteiger partial charge >= 0.3 is 0 Å². The predicted molar refractivity (Wildman–Crippen MR) is 162 cm³/mol. The fraction of sp³-hybridized carbons (Fsp3) is 0.161. The van der Waals surface area contributed by atoms with Gasteiger partial charge in [0, 0.05) is 23.7 Å². The van der Waals surface area contributed by atoms with Gasteiger partial charge < -0.3 is 0 Å². The lowest BCUT2D eigenvalue weighted by atomic mass is 10.1. The fourth-order valence-corrected chi connectivity index (χ4v) is 7.33. The summed E-state index contributed by atoms with van der Waals surface area (Å²) in [5.41, 5.74) is 3.96. The molecule has 6 nitrogen and oxygen atoms in total. The number of nitrogens with zero attached hydrogens (tertiary/aromatic N) is 3. The van der Waals surface area contributed by atoms with E-state index in [-0.39, 0.29) is 17.3 Å². The van der Waals surface area contributed by atoms with Crippen molar-refractivity contribution in [2.75, 3.05) is 11.4 Å². The molecule has 204 valence electrons. The first kappa shape index (κ1) is 28.0. The van der Waals surface area contributed by atoms with Gasteiger partial charge in [-0.3, -0.25) is 9.69 Å². The number of halogens is 1. The Bertz CT molecular complexity index is 1740. The molecule has 9 heteroatoms. The number of carbonyl (C=O) groups is 1. The van der Waals surface area contributed by atoms with Crippen LogP contribution in [0.4, 0.5) is 5.13 Å². The molecule has 0 saturated carbocycles. The van der Waals surface area contributed by atoms with Crippen molar-refractivity contribution in [2.45, 2.75) is 31.8 Å². The molecule has 0 aliphatic carbocycles. The van der Waals surface area contributed by atoms with Crippen molar-refractivity contribution in [3.8, 4) is 0 Å². The van der Waals surface area contributed by atoms with E-state index in [0.29, 0.717) is 28.8 Å². The summed E-state index contributed by atoms with van der Waals surface area (Å²) in [5.74, 6) is -0.271. The summed E-state index contributed by atoms with van der Waals surface area (Å²) < 4.78 is 29.2. The van der Waals surface area contributed by atoms with Gasteiger partial charge in [0.1, 0.15) is 0 Å². The van der Waals surface area contributed by atoms with E-state index in [9.17, 15) is 13.2 Å². The third-order valence-electron chi connectivity index (χ3n) is 6.59. The lowest BCUT2D eigenvalue weighted by molar-refractivity contribution is 0.0985. The lowest BCUT2D eigenvalue weighted by Crippen LogP contribution is -2.31. The summed E-state index contributed by atoms with van der Waals surface area (Å²) in [5, 5.41) is 1.16. The van der Waals surface area contributed by atoms with E-state index in [1.165, 1.54) is 27.8 Å². The maximum absolute atomic E-state index is 13.9. The van der Waals surface area contributed by atoms with Gasteiger partial charge in [0.25, 0.3) is 5.91 Å². The molecule has 0 N–H and O–H groups in total. The monoisotopic (exact) mass is 589 g/mol. The normalized spacial score (nSPS) is 11.7. The van der Waals surface area contributed by atoms with Gasteiger partial charge in [-0.05, 0) is 60.0 Å². The van der Waals surface area contributed by atoms with Crippen molar-refractivity contribution in [3.05, 3.63) is 124 Å². The zero-order valence-electron chi connectivity index (χ0n) is 22.1. The molecule has 0 aliphatic rings. The van der Waals surface area contributed by atoms with Crippen LogP contribution < -0.4 is 4.90 Å². The minimum Gasteiger partial charge on any atom is -0.279 e. The molecule has 0 radical (unpaired) electrons. The van der Waals surface area contributed by atoms with Crippen LogP contribution in [-0.4, -0.2) is 30.2 Å². The molecule has 1 aromatic heterocycles. The summed E-state index contributed by atoms with van der Waals surface area (Å²) in [6.45, 7) is 4.66. The molecule has 1 amide bonds. The average molecular weight is 590 g/mol. The number of hydrogen-bond donors (Lipinski definition) is 0. The van der Waals surface area contributed by atoms with Crippen LogP contribution in [0.1, 0.15) is 34.0 Å². The highest BCUT2D eigenvalue weighted by atomic mass is 35.5. The second-order valence-electron chi connectivity index (χ2n) is 9.38. The Morgan fingerprint density at radius 1 is 0.875 bits per heavy atom. The quantitative estimate of drug-likeness (QED) is 0.181. The molecule has 4 aromatic carbocycles. The minimum absolute atomic E-state index is 0.140. The highest BCUT2D eigenvalue weighted by Crippen LogP contribution is 2.34. The third kappa shape index (κ3) is 5.95. The second kappa shape index (κ2) is 11.9. The van der Waals surface area contributed by atoms with Gasteiger partial charge in [-0.2, -0.15) is 4.31 Å². The van der Waals surface area contributed by atoms with Crippen LogP contribution in [0.2, 0.25) is 5.02 Å². The van der Waals surface area contributed by atoms with E-state index in [2.05, 4.69) is 0 Å². The Hall–Kier alpha value is -3.56. The summed E-state index contributed by atoms with van der Waals surface area (Å²) in [4.78, 5) is 20.4. The number of fused-ring (bicyclic) bond motifs is 1. The molecule has 0 saturated heterocycles. The molecule has 0 bridgehead atoms. The highest BCUT2D eigenvalue weighted by Gasteiger charge is 2.26. The fourth-order valence-electron chi connectivity index (χ4n) is 4.48. The Labute approximate surface area is 243 Å². The van der Waals surface area contributed by atoms with Crippen molar-refractivity contribution >= 4 is 54.2 Å². The maximum atomic E-state index is 13.9. The minimum atomic E-state index is -3.75. The number of benzene rings is 4. The summed E-state index contributed by atoms with van der Waals surface area (Å²) in [6.07, 6.45) is 0. The summed E-state index contributed by atoms with van der Waals surface area (Å²) in [7, 11) is -3.75. The van der Waals surface area contributed by atoms with Crippen molar-refractivity contribution < 1.29 is 13.2 Å². The highest BCUT2D eigenvalue weighted by molar-refractivity contribution is 7.89. The number of aromatic nitrogens is 1. The molecule has 5 rings (SSSR count). The number of amides is 1. The van der Waals surface area contributed by atoms with E-state index in [1.54, 1.807) is 17.0 Å². The van der Waals surface area contributed by atoms with Crippen LogP contribution in [0.3, 0.4) is 0 Å².